The molecule has 1 heterocycles. The highest BCUT2D eigenvalue weighted by molar-refractivity contribution is 8.00. The number of nitrogens with one attached hydrogen (secondary N) is 1. The van der Waals surface area contributed by atoms with E-state index in [1.54, 1.807) is 18.9 Å². The summed E-state index contributed by atoms with van der Waals surface area (Å²) in [7, 11) is 1.65. The molecule has 0 radical (unpaired) electrons. The lowest BCUT2D eigenvalue weighted by Gasteiger charge is -2.32. The normalized spacial score (nSPS) is 16.5. The maximum Gasteiger partial charge on any atom is 0.230 e. The van der Waals surface area contributed by atoms with Crippen molar-refractivity contribution in [2.24, 2.45) is 0 Å². The van der Waals surface area contributed by atoms with Gasteiger partial charge in [0, 0.05) is 24.0 Å². The Morgan fingerprint density at radius 2 is 2.18 bits per heavy atom. The van der Waals surface area contributed by atoms with Crippen LogP contribution in [-0.4, -0.2) is 49.3 Å². The largest absolute Gasteiger partial charge is 0.497 e. The lowest BCUT2D eigenvalue weighted by molar-refractivity contribution is -0.119. The molecule has 0 saturated carbocycles. The summed E-state index contributed by atoms with van der Waals surface area (Å²) >= 11 is 1.55. The van der Waals surface area contributed by atoms with Gasteiger partial charge < -0.3 is 15.0 Å². The highest BCUT2D eigenvalue weighted by atomic mass is 32.2. The minimum atomic E-state index is 0.127. The van der Waals surface area contributed by atoms with Crippen molar-refractivity contribution in [3.63, 3.8) is 0 Å². The number of hydrogen-bond donors (Lipinski definition) is 1. The van der Waals surface area contributed by atoms with Gasteiger partial charge in [-0.1, -0.05) is 13.0 Å². The fourth-order valence-corrected chi connectivity index (χ4v) is 3.48. The molecule has 0 aliphatic carbocycles. The van der Waals surface area contributed by atoms with Gasteiger partial charge in [-0.2, -0.15) is 0 Å². The topological polar surface area (TPSA) is 41.6 Å². The smallest absolute Gasteiger partial charge is 0.230 e. The Bertz CT molecular complexity index is 473. The molecule has 122 valence electrons. The van der Waals surface area contributed by atoms with Crippen LogP contribution in [0.15, 0.2) is 29.2 Å². The number of piperidine rings is 1. The van der Waals surface area contributed by atoms with Gasteiger partial charge in [0.2, 0.25) is 5.91 Å². The molecule has 2 rings (SSSR count). The first-order valence-corrected chi connectivity index (χ1v) is 8.98. The minimum absolute atomic E-state index is 0.127. The van der Waals surface area contributed by atoms with Gasteiger partial charge in [-0.05, 0) is 44.0 Å². The first-order valence-electron chi connectivity index (χ1n) is 8.00. The first-order chi connectivity index (χ1) is 10.7. The summed E-state index contributed by atoms with van der Waals surface area (Å²) in [6.45, 7) is 5.58. The van der Waals surface area contributed by atoms with Crippen LogP contribution >= 0.6 is 11.8 Å². The number of carbonyl (C=O) groups excluding carboxylic acids is 1. The lowest BCUT2D eigenvalue weighted by atomic mass is 10.1. The Hall–Kier alpha value is -1.20. The second kappa shape index (κ2) is 9.06. The Balaban J connectivity index is 1.70. The number of carbonyl (C=O) groups is 1. The molecule has 1 fully saturated rings. The Kier molecular flexibility index (Phi) is 7.06. The Labute approximate surface area is 137 Å². The molecule has 1 N–H and O–H groups in total. The lowest BCUT2D eigenvalue weighted by Crippen LogP contribution is -2.45. The van der Waals surface area contributed by atoms with E-state index in [0.717, 1.165) is 36.6 Å². The van der Waals surface area contributed by atoms with Crippen molar-refractivity contribution in [1.29, 1.82) is 0 Å². The Morgan fingerprint density at radius 1 is 1.41 bits per heavy atom. The van der Waals surface area contributed by atoms with Crippen LogP contribution < -0.4 is 10.1 Å². The van der Waals surface area contributed by atoms with Crippen molar-refractivity contribution >= 4 is 17.7 Å². The summed E-state index contributed by atoms with van der Waals surface area (Å²) in [6.07, 6.45) is 3.33. The number of likely N-dealkylation sites (tertiary alicyclic amines) is 1. The zero-order valence-electron chi connectivity index (χ0n) is 13.5. The van der Waals surface area contributed by atoms with Crippen LogP contribution in [-0.2, 0) is 4.79 Å². The zero-order chi connectivity index (χ0) is 15.8. The summed E-state index contributed by atoms with van der Waals surface area (Å²) in [5.74, 6) is 1.41. The van der Waals surface area contributed by atoms with Crippen LogP contribution in [0.5, 0.6) is 5.75 Å². The van der Waals surface area contributed by atoms with E-state index in [0.29, 0.717) is 11.8 Å². The average Bonchev–Trinajstić information content (AvgIpc) is 2.55. The third-order valence-corrected chi connectivity index (χ3v) is 4.90. The van der Waals surface area contributed by atoms with Crippen molar-refractivity contribution in [2.45, 2.75) is 37.1 Å². The molecule has 5 heteroatoms. The van der Waals surface area contributed by atoms with E-state index in [1.165, 1.54) is 13.0 Å². The van der Waals surface area contributed by atoms with Gasteiger partial charge in [0.1, 0.15) is 5.75 Å². The van der Waals surface area contributed by atoms with Gasteiger partial charge in [-0.3, -0.25) is 4.79 Å². The number of amides is 1. The van der Waals surface area contributed by atoms with Gasteiger partial charge in [0.25, 0.3) is 0 Å². The standard InChI is InChI=1S/C17H26N2O2S/c1-3-9-19-10-7-14(8-11-19)18-17(20)13-22-16-6-4-5-15(12-16)21-2/h4-6,12,14H,3,7-11,13H2,1-2H3,(H,18,20). The van der Waals surface area contributed by atoms with Crippen LogP contribution in [0.25, 0.3) is 0 Å². The van der Waals surface area contributed by atoms with E-state index in [2.05, 4.69) is 17.1 Å². The van der Waals surface area contributed by atoms with Gasteiger partial charge in [-0.15, -0.1) is 11.8 Å². The van der Waals surface area contributed by atoms with Gasteiger partial charge >= 0.3 is 0 Å². The van der Waals surface area contributed by atoms with E-state index in [-0.39, 0.29) is 5.91 Å². The third kappa shape index (κ3) is 5.54. The molecule has 1 aromatic carbocycles. The number of hydrogen-bond acceptors (Lipinski definition) is 4. The first kappa shape index (κ1) is 17.2. The highest BCUT2D eigenvalue weighted by Crippen LogP contribution is 2.22. The summed E-state index contributed by atoms with van der Waals surface area (Å²) in [5, 5.41) is 3.16. The van der Waals surface area contributed by atoms with Crippen LogP contribution in [0, 0.1) is 0 Å². The SMILES string of the molecule is CCCN1CCC(NC(=O)CSc2cccc(OC)c2)CC1. The fourth-order valence-electron chi connectivity index (χ4n) is 2.73. The fraction of sp³-hybridized carbons (Fsp3) is 0.588. The number of ether oxygens (including phenoxy) is 1. The molecule has 1 aliphatic rings. The average molecular weight is 322 g/mol. The number of methoxy groups -OCH3 is 1. The molecule has 1 amide bonds. The molecule has 0 unspecified atom stereocenters. The molecule has 0 aromatic heterocycles. The zero-order valence-corrected chi connectivity index (χ0v) is 14.3. The molecule has 0 bridgehead atoms. The van der Waals surface area contributed by atoms with Crippen molar-refractivity contribution in [3.05, 3.63) is 24.3 Å². The molecule has 1 aliphatic heterocycles. The van der Waals surface area contributed by atoms with Crippen molar-refractivity contribution < 1.29 is 9.53 Å². The minimum Gasteiger partial charge on any atom is -0.497 e. The summed E-state index contributed by atoms with van der Waals surface area (Å²) in [4.78, 5) is 15.6. The van der Waals surface area contributed by atoms with Gasteiger partial charge in [0.05, 0.1) is 12.9 Å². The van der Waals surface area contributed by atoms with Crippen LogP contribution in [0.4, 0.5) is 0 Å². The third-order valence-electron chi connectivity index (χ3n) is 3.90. The molecule has 0 spiro atoms. The summed E-state index contributed by atoms with van der Waals surface area (Å²) in [6, 6.07) is 8.16. The van der Waals surface area contributed by atoms with E-state index >= 15 is 0 Å². The van der Waals surface area contributed by atoms with Crippen LogP contribution in [0.2, 0.25) is 0 Å². The molecule has 0 atom stereocenters. The van der Waals surface area contributed by atoms with E-state index < -0.39 is 0 Å². The van der Waals surface area contributed by atoms with Gasteiger partial charge in [0.15, 0.2) is 0 Å². The Morgan fingerprint density at radius 3 is 2.86 bits per heavy atom. The maximum absolute atomic E-state index is 12.1. The van der Waals surface area contributed by atoms with E-state index in [1.807, 2.05) is 24.3 Å². The van der Waals surface area contributed by atoms with Crippen LogP contribution in [0.3, 0.4) is 0 Å². The highest BCUT2D eigenvalue weighted by Gasteiger charge is 2.19. The summed E-state index contributed by atoms with van der Waals surface area (Å²) < 4.78 is 5.19. The molecule has 4 nitrogen and oxygen atoms in total. The molecular formula is C17H26N2O2S. The van der Waals surface area contributed by atoms with Crippen molar-refractivity contribution in [1.82, 2.24) is 10.2 Å². The van der Waals surface area contributed by atoms with Crippen molar-refractivity contribution in [3.8, 4) is 5.75 Å². The number of thioether (sulfide) groups is 1. The summed E-state index contributed by atoms with van der Waals surface area (Å²) in [5.41, 5.74) is 0. The van der Waals surface area contributed by atoms with Crippen molar-refractivity contribution in [2.75, 3.05) is 32.5 Å². The van der Waals surface area contributed by atoms with E-state index in [9.17, 15) is 4.79 Å². The van der Waals surface area contributed by atoms with Crippen LogP contribution in [0.1, 0.15) is 26.2 Å². The predicted octanol–water partition coefficient (Wildman–Crippen LogP) is 2.78. The molecular weight excluding hydrogens is 296 g/mol. The number of benzene rings is 1. The molecule has 1 aromatic rings. The second-order valence-electron chi connectivity index (χ2n) is 5.65. The molecule has 22 heavy (non-hydrogen) atoms. The van der Waals surface area contributed by atoms with Gasteiger partial charge in [-0.25, -0.2) is 0 Å². The second-order valence-corrected chi connectivity index (χ2v) is 6.70. The quantitative estimate of drug-likeness (QED) is 0.784. The number of nitrogens with zero attached hydrogens (tertiary/aromatic N) is 1. The maximum atomic E-state index is 12.1. The monoisotopic (exact) mass is 322 g/mol. The molecule has 1 saturated heterocycles. The predicted molar refractivity (Wildman–Crippen MR) is 91.6 cm³/mol. The number of rotatable bonds is 7. The van der Waals surface area contributed by atoms with E-state index in [4.69, 9.17) is 4.74 Å².